The minimum atomic E-state index is -4.16. The van der Waals surface area contributed by atoms with Crippen LogP contribution >= 0.6 is 0 Å². The SMILES string of the molecule is COc1ccc(S(=O)(=O)NCc2ncc(-c3ccccc3)o2)c([N+](=O)[O-])c1. The van der Waals surface area contributed by atoms with Crippen LogP contribution < -0.4 is 9.46 Å². The predicted molar refractivity (Wildman–Crippen MR) is 95.6 cm³/mol. The Bertz CT molecular complexity index is 1060. The molecule has 0 atom stereocenters. The van der Waals surface area contributed by atoms with Crippen LogP contribution in [0.1, 0.15) is 5.89 Å². The summed E-state index contributed by atoms with van der Waals surface area (Å²) < 4.78 is 37.6. The van der Waals surface area contributed by atoms with Crippen LogP contribution in [0.5, 0.6) is 5.75 Å². The van der Waals surface area contributed by atoms with E-state index in [0.29, 0.717) is 5.76 Å². The molecule has 0 aliphatic rings. The molecular weight excluding hydrogens is 374 g/mol. The number of benzene rings is 2. The number of rotatable bonds is 7. The fourth-order valence-electron chi connectivity index (χ4n) is 2.36. The first-order chi connectivity index (χ1) is 12.9. The number of hydrogen-bond donors (Lipinski definition) is 1. The minimum Gasteiger partial charge on any atom is -0.497 e. The smallest absolute Gasteiger partial charge is 0.293 e. The first kappa shape index (κ1) is 18.5. The Hall–Kier alpha value is -3.24. The third kappa shape index (κ3) is 4.13. The number of methoxy groups -OCH3 is 1. The molecule has 3 aromatic rings. The van der Waals surface area contributed by atoms with Crippen molar-refractivity contribution in [2.45, 2.75) is 11.4 Å². The van der Waals surface area contributed by atoms with Crippen LogP contribution in [0, 0.1) is 10.1 Å². The van der Waals surface area contributed by atoms with Gasteiger partial charge in [-0.05, 0) is 12.1 Å². The van der Waals surface area contributed by atoms with E-state index >= 15 is 0 Å². The Labute approximate surface area is 154 Å². The molecule has 0 bridgehead atoms. The topological polar surface area (TPSA) is 125 Å². The molecule has 10 heteroatoms. The van der Waals surface area contributed by atoms with Crippen LogP contribution in [0.25, 0.3) is 11.3 Å². The van der Waals surface area contributed by atoms with Crippen molar-refractivity contribution in [2.24, 2.45) is 0 Å². The van der Waals surface area contributed by atoms with Crippen molar-refractivity contribution in [3.05, 3.63) is 70.7 Å². The largest absolute Gasteiger partial charge is 0.497 e. The Morgan fingerprint density at radius 3 is 2.63 bits per heavy atom. The van der Waals surface area contributed by atoms with Gasteiger partial charge in [0.2, 0.25) is 15.9 Å². The van der Waals surface area contributed by atoms with Gasteiger partial charge in [0.25, 0.3) is 5.69 Å². The fourth-order valence-corrected chi connectivity index (χ4v) is 3.48. The van der Waals surface area contributed by atoms with E-state index in [1.54, 1.807) is 0 Å². The molecule has 1 aromatic heterocycles. The molecule has 0 fully saturated rings. The van der Waals surface area contributed by atoms with Gasteiger partial charge in [-0.2, -0.15) is 0 Å². The van der Waals surface area contributed by atoms with Gasteiger partial charge < -0.3 is 9.15 Å². The summed E-state index contributed by atoms with van der Waals surface area (Å²) in [5, 5.41) is 11.2. The monoisotopic (exact) mass is 389 g/mol. The lowest BCUT2D eigenvalue weighted by Gasteiger charge is -2.07. The zero-order chi connectivity index (χ0) is 19.4. The fraction of sp³-hybridized carbons (Fsp3) is 0.118. The van der Waals surface area contributed by atoms with E-state index in [0.717, 1.165) is 17.7 Å². The lowest BCUT2D eigenvalue weighted by atomic mass is 10.2. The molecule has 1 heterocycles. The quantitative estimate of drug-likeness (QED) is 0.486. The van der Waals surface area contributed by atoms with Gasteiger partial charge in [0.15, 0.2) is 10.7 Å². The van der Waals surface area contributed by atoms with E-state index in [2.05, 4.69) is 9.71 Å². The highest BCUT2D eigenvalue weighted by molar-refractivity contribution is 7.89. The van der Waals surface area contributed by atoms with Gasteiger partial charge in [-0.25, -0.2) is 18.1 Å². The molecule has 0 radical (unpaired) electrons. The molecule has 0 aliphatic heterocycles. The van der Waals surface area contributed by atoms with Crippen LogP contribution in [-0.4, -0.2) is 25.4 Å². The third-order valence-electron chi connectivity index (χ3n) is 3.68. The number of nitro benzene ring substituents is 1. The Balaban J connectivity index is 1.80. The van der Waals surface area contributed by atoms with Crippen molar-refractivity contribution >= 4 is 15.7 Å². The summed E-state index contributed by atoms with van der Waals surface area (Å²) >= 11 is 0. The summed E-state index contributed by atoms with van der Waals surface area (Å²) in [6, 6.07) is 12.7. The number of oxazole rings is 1. The lowest BCUT2D eigenvalue weighted by Crippen LogP contribution is -2.24. The van der Waals surface area contributed by atoms with Crippen molar-refractivity contribution in [2.75, 3.05) is 7.11 Å². The molecule has 0 saturated carbocycles. The molecule has 27 heavy (non-hydrogen) atoms. The minimum absolute atomic E-state index is 0.133. The van der Waals surface area contributed by atoms with Gasteiger partial charge in [0, 0.05) is 5.56 Å². The summed E-state index contributed by atoms with van der Waals surface area (Å²) in [4.78, 5) is 14.0. The molecular formula is C17H15N3O6S. The average molecular weight is 389 g/mol. The van der Waals surface area contributed by atoms with Gasteiger partial charge in [0.05, 0.1) is 30.8 Å². The second-order valence-corrected chi connectivity index (χ2v) is 7.13. The number of aromatic nitrogens is 1. The van der Waals surface area contributed by atoms with E-state index in [1.807, 2.05) is 30.3 Å². The number of sulfonamides is 1. The molecule has 0 amide bonds. The number of ether oxygens (including phenoxy) is 1. The summed E-state index contributed by atoms with van der Waals surface area (Å²) in [5.74, 6) is 0.801. The zero-order valence-electron chi connectivity index (χ0n) is 14.2. The Morgan fingerprint density at radius 1 is 1.22 bits per heavy atom. The second kappa shape index (κ2) is 7.56. The Kier molecular flexibility index (Phi) is 5.19. The maximum Gasteiger partial charge on any atom is 0.293 e. The molecule has 0 spiro atoms. The summed E-state index contributed by atoms with van der Waals surface area (Å²) in [6.07, 6.45) is 1.48. The first-order valence-electron chi connectivity index (χ1n) is 7.73. The summed E-state index contributed by atoms with van der Waals surface area (Å²) in [5.41, 5.74) is 0.212. The predicted octanol–water partition coefficient (Wildman–Crippen LogP) is 2.74. The molecule has 0 unspecified atom stereocenters. The van der Waals surface area contributed by atoms with E-state index in [1.165, 1.54) is 19.4 Å². The van der Waals surface area contributed by atoms with Crippen molar-refractivity contribution in [1.82, 2.24) is 9.71 Å². The van der Waals surface area contributed by atoms with Crippen molar-refractivity contribution in [3.8, 4) is 17.1 Å². The van der Waals surface area contributed by atoms with Crippen LogP contribution in [-0.2, 0) is 16.6 Å². The lowest BCUT2D eigenvalue weighted by molar-refractivity contribution is -0.387. The molecule has 9 nitrogen and oxygen atoms in total. The first-order valence-corrected chi connectivity index (χ1v) is 9.21. The molecule has 0 saturated heterocycles. The maximum atomic E-state index is 12.5. The standard InChI is InChI=1S/C17H15N3O6S/c1-25-13-7-8-16(14(9-13)20(21)22)27(23,24)19-11-17-18-10-15(26-17)12-5-3-2-4-6-12/h2-10,19H,11H2,1H3. The maximum absolute atomic E-state index is 12.5. The molecule has 140 valence electrons. The van der Waals surface area contributed by atoms with Gasteiger partial charge >= 0.3 is 0 Å². The van der Waals surface area contributed by atoms with E-state index in [9.17, 15) is 18.5 Å². The summed E-state index contributed by atoms with van der Waals surface area (Å²) in [6.45, 7) is -0.252. The number of nitrogens with zero attached hydrogens (tertiary/aromatic N) is 2. The highest BCUT2D eigenvalue weighted by Crippen LogP contribution is 2.28. The van der Waals surface area contributed by atoms with Gasteiger partial charge in [-0.15, -0.1) is 0 Å². The van der Waals surface area contributed by atoms with Crippen molar-refractivity contribution < 1.29 is 22.5 Å². The van der Waals surface area contributed by atoms with E-state index < -0.39 is 25.5 Å². The van der Waals surface area contributed by atoms with Crippen LogP contribution in [0.4, 0.5) is 5.69 Å². The molecule has 3 rings (SSSR count). The van der Waals surface area contributed by atoms with Crippen LogP contribution in [0.15, 0.2) is 64.0 Å². The zero-order valence-corrected chi connectivity index (χ0v) is 15.0. The van der Waals surface area contributed by atoms with Crippen LogP contribution in [0.3, 0.4) is 0 Å². The summed E-state index contributed by atoms with van der Waals surface area (Å²) in [7, 11) is -2.83. The third-order valence-corrected chi connectivity index (χ3v) is 5.13. The molecule has 1 N–H and O–H groups in total. The van der Waals surface area contributed by atoms with Gasteiger partial charge in [-0.3, -0.25) is 10.1 Å². The van der Waals surface area contributed by atoms with E-state index in [4.69, 9.17) is 9.15 Å². The van der Waals surface area contributed by atoms with Gasteiger partial charge in [0.1, 0.15) is 5.75 Å². The van der Waals surface area contributed by atoms with Crippen molar-refractivity contribution in [3.63, 3.8) is 0 Å². The number of hydrogen-bond acceptors (Lipinski definition) is 7. The van der Waals surface area contributed by atoms with Crippen LogP contribution in [0.2, 0.25) is 0 Å². The normalized spacial score (nSPS) is 11.3. The second-order valence-electron chi connectivity index (χ2n) is 5.40. The average Bonchev–Trinajstić information content (AvgIpc) is 3.16. The van der Waals surface area contributed by atoms with Gasteiger partial charge in [-0.1, -0.05) is 30.3 Å². The van der Waals surface area contributed by atoms with Crippen molar-refractivity contribution in [1.29, 1.82) is 0 Å². The van der Waals surface area contributed by atoms with E-state index in [-0.39, 0.29) is 18.2 Å². The molecule has 0 aliphatic carbocycles. The number of nitrogens with one attached hydrogen (secondary N) is 1. The molecule has 2 aromatic carbocycles. The number of nitro groups is 1. The Morgan fingerprint density at radius 2 is 1.96 bits per heavy atom. The highest BCUT2D eigenvalue weighted by atomic mass is 32.2. The highest BCUT2D eigenvalue weighted by Gasteiger charge is 2.26.